The van der Waals surface area contributed by atoms with Crippen molar-refractivity contribution in [3.8, 4) is 5.75 Å². The summed E-state index contributed by atoms with van der Waals surface area (Å²) in [4.78, 5) is 12.6. The van der Waals surface area contributed by atoms with Gasteiger partial charge in [-0.05, 0) is 67.0 Å². The van der Waals surface area contributed by atoms with Crippen molar-refractivity contribution in [2.24, 2.45) is 5.92 Å². The number of aryl methyl sites for hydroxylation is 2. The second-order valence-corrected chi connectivity index (χ2v) is 9.94. The SMILES string of the molecule is Cc1cc(S(=O)(=O)NCC(C)C)ccc1OCC(=O)N[C@@H]1CCCc2ccccc21. The molecule has 0 heterocycles. The summed E-state index contributed by atoms with van der Waals surface area (Å²) in [5, 5.41) is 3.06. The van der Waals surface area contributed by atoms with Crippen molar-refractivity contribution in [1.29, 1.82) is 0 Å². The molecule has 0 bridgehead atoms. The number of carbonyl (C=O) groups is 1. The van der Waals surface area contributed by atoms with Crippen LogP contribution in [0, 0.1) is 12.8 Å². The van der Waals surface area contributed by atoms with Gasteiger partial charge in [0.15, 0.2) is 6.61 Å². The summed E-state index contributed by atoms with van der Waals surface area (Å²) < 4.78 is 33.0. The Kier molecular flexibility index (Phi) is 7.15. The predicted octanol–water partition coefficient (Wildman–Crippen LogP) is 3.50. The first-order valence-corrected chi connectivity index (χ1v) is 11.8. The summed E-state index contributed by atoms with van der Waals surface area (Å²) in [5.41, 5.74) is 3.13. The maximum absolute atomic E-state index is 12.4. The lowest BCUT2D eigenvalue weighted by Gasteiger charge is -2.26. The molecule has 0 radical (unpaired) electrons. The largest absolute Gasteiger partial charge is 0.484 e. The summed E-state index contributed by atoms with van der Waals surface area (Å²) in [6.07, 6.45) is 3.00. The van der Waals surface area contributed by atoms with Gasteiger partial charge in [-0.2, -0.15) is 0 Å². The minimum absolute atomic E-state index is 0.00620. The van der Waals surface area contributed by atoms with Gasteiger partial charge >= 0.3 is 0 Å². The molecular formula is C23H30N2O4S. The van der Waals surface area contributed by atoms with Crippen LogP contribution in [0.15, 0.2) is 47.4 Å². The number of nitrogens with one attached hydrogen (secondary N) is 2. The molecule has 162 valence electrons. The van der Waals surface area contributed by atoms with E-state index in [1.54, 1.807) is 19.1 Å². The third-order valence-corrected chi connectivity index (χ3v) is 6.62. The molecule has 0 spiro atoms. The molecule has 30 heavy (non-hydrogen) atoms. The first-order chi connectivity index (χ1) is 14.3. The van der Waals surface area contributed by atoms with Crippen LogP contribution in [-0.2, 0) is 21.2 Å². The lowest BCUT2D eigenvalue weighted by atomic mass is 9.88. The Labute approximate surface area is 179 Å². The second-order valence-electron chi connectivity index (χ2n) is 8.17. The van der Waals surface area contributed by atoms with Gasteiger partial charge in [0.1, 0.15) is 5.75 Å². The lowest BCUT2D eigenvalue weighted by molar-refractivity contribution is -0.124. The highest BCUT2D eigenvalue weighted by Gasteiger charge is 2.22. The van der Waals surface area contributed by atoms with E-state index in [2.05, 4.69) is 22.2 Å². The average Bonchev–Trinajstić information content (AvgIpc) is 2.71. The zero-order valence-electron chi connectivity index (χ0n) is 17.8. The molecule has 1 atom stereocenters. The number of sulfonamides is 1. The van der Waals surface area contributed by atoms with Crippen LogP contribution in [-0.4, -0.2) is 27.5 Å². The van der Waals surface area contributed by atoms with Gasteiger partial charge in [0.2, 0.25) is 10.0 Å². The van der Waals surface area contributed by atoms with E-state index in [1.807, 2.05) is 26.0 Å². The maximum atomic E-state index is 12.4. The Bertz CT molecular complexity index is 1000. The molecular weight excluding hydrogens is 400 g/mol. The smallest absolute Gasteiger partial charge is 0.258 e. The standard InChI is InChI=1S/C23H30N2O4S/c1-16(2)14-24-30(27,28)19-11-12-22(17(3)13-19)29-15-23(26)25-21-10-6-8-18-7-4-5-9-20(18)21/h4-5,7,9,11-13,16,21,24H,6,8,10,14-15H2,1-3H3,(H,25,26)/t21-/m1/s1. The topological polar surface area (TPSA) is 84.5 Å². The van der Waals surface area contributed by atoms with Crippen LogP contribution in [0.2, 0.25) is 0 Å². The summed E-state index contributed by atoms with van der Waals surface area (Å²) >= 11 is 0. The number of ether oxygens (including phenoxy) is 1. The van der Waals surface area contributed by atoms with Crippen LogP contribution in [0.25, 0.3) is 0 Å². The van der Waals surface area contributed by atoms with Crippen molar-refractivity contribution in [3.05, 3.63) is 59.2 Å². The number of hydrogen-bond donors (Lipinski definition) is 2. The molecule has 2 N–H and O–H groups in total. The molecule has 0 aromatic heterocycles. The maximum Gasteiger partial charge on any atom is 0.258 e. The molecule has 1 aliphatic carbocycles. The van der Waals surface area contributed by atoms with E-state index in [9.17, 15) is 13.2 Å². The van der Waals surface area contributed by atoms with E-state index in [0.29, 0.717) is 17.9 Å². The molecule has 1 aliphatic rings. The molecule has 0 unspecified atom stereocenters. The van der Waals surface area contributed by atoms with Crippen molar-refractivity contribution < 1.29 is 17.9 Å². The number of hydrogen-bond acceptors (Lipinski definition) is 4. The summed E-state index contributed by atoms with van der Waals surface area (Å²) in [6, 6.07) is 12.9. The van der Waals surface area contributed by atoms with Crippen LogP contribution in [0.4, 0.5) is 0 Å². The number of amides is 1. The van der Waals surface area contributed by atoms with Gasteiger partial charge in [0, 0.05) is 6.54 Å². The van der Waals surface area contributed by atoms with E-state index in [4.69, 9.17) is 4.74 Å². The average molecular weight is 431 g/mol. The summed E-state index contributed by atoms with van der Waals surface area (Å²) in [5.74, 6) is 0.529. The highest BCUT2D eigenvalue weighted by Crippen LogP contribution is 2.29. The van der Waals surface area contributed by atoms with Gasteiger partial charge in [-0.3, -0.25) is 4.79 Å². The highest BCUT2D eigenvalue weighted by molar-refractivity contribution is 7.89. The third kappa shape index (κ3) is 5.61. The zero-order chi connectivity index (χ0) is 21.7. The fraction of sp³-hybridized carbons (Fsp3) is 0.435. The van der Waals surface area contributed by atoms with Crippen LogP contribution in [0.3, 0.4) is 0 Å². The van der Waals surface area contributed by atoms with Gasteiger partial charge in [-0.25, -0.2) is 13.1 Å². The molecule has 3 rings (SSSR count). The Hall–Kier alpha value is -2.38. The van der Waals surface area contributed by atoms with Crippen LogP contribution < -0.4 is 14.8 Å². The van der Waals surface area contributed by atoms with Crippen molar-refractivity contribution >= 4 is 15.9 Å². The Morgan fingerprint density at radius 1 is 1.20 bits per heavy atom. The van der Waals surface area contributed by atoms with Crippen molar-refractivity contribution in [3.63, 3.8) is 0 Å². The minimum atomic E-state index is -3.56. The van der Waals surface area contributed by atoms with Gasteiger partial charge < -0.3 is 10.1 Å². The van der Waals surface area contributed by atoms with Crippen LogP contribution >= 0.6 is 0 Å². The number of benzene rings is 2. The summed E-state index contributed by atoms with van der Waals surface area (Å²) in [6.45, 7) is 5.93. The fourth-order valence-corrected chi connectivity index (χ4v) is 4.89. The molecule has 0 saturated carbocycles. The van der Waals surface area contributed by atoms with E-state index < -0.39 is 10.0 Å². The molecule has 0 saturated heterocycles. The first-order valence-electron chi connectivity index (χ1n) is 10.4. The van der Waals surface area contributed by atoms with E-state index in [-0.39, 0.29) is 29.4 Å². The molecule has 0 fully saturated rings. The van der Waals surface area contributed by atoms with E-state index in [1.165, 1.54) is 17.2 Å². The Morgan fingerprint density at radius 3 is 2.70 bits per heavy atom. The summed E-state index contributed by atoms with van der Waals surface area (Å²) in [7, 11) is -3.56. The minimum Gasteiger partial charge on any atom is -0.484 e. The molecule has 2 aromatic carbocycles. The Morgan fingerprint density at radius 2 is 1.97 bits per heavy atom. The first kappa shape index (κ1) is 22.3. The predicted molar refractivity (Wildman–Crippen MR) is 117 cm³/mol. The van der Waals surface area contributed by atoms with Crippen molar-refractivity contribution in [2.45, 2.75) is 51.0 Å². The molecule has 0 aliphatic heterocycles. The van der Waals surface area contributed by atoms with E-state index >= 15 is 0 Å². The number of carbonyl (C=O) groups excluding carboxylic acids is 1. The second kappa shape index (κ2) is 9.62. The molecule has 7 heteroatoms. The van der Waals surface area contributed by atoms with Crippen molar-refractivity contribution in [1.82, 2.24) is 10.0 Å². The zero-order valence-corrected chi connectivity index (χ0v) is 18.6. The normalized spacial score (nSPS) is 16.2. The third-order valence-electron chi connectivity index (χ3n) is 5.20. The van der Waals surface area contributed by atoms with Gasteiger partial charge in [-0.1, -0.05) is 38.1 Å². The van der Waals surface area contributed by atoms with Crippen LogP contribution in [0.5, 0.6) is 5.75 Å². The quantitative estimate of drug-likeness (QED) is 0.671. The highest BCUT2D eigenvalue weighted by atomic mass is 32.2. The Balaban J connectivity index is 1.59. The lowest BCUT2D eigenvalue weighted by Crippen LogP contribution is -2.34. The molecule has 1 amide bonds. The number of rotatable bonds is 8. The van der Waals surface area contributed by atoms with Gasteiger partial charge in [0.05, 0.1) is 10.9 Å². The molecule has 6 nitrogen and oxygen atoms in total. The van der Waals surface area contributed by atoms with Gasteiger partial charge in [-0.15, -0.1) is 0 Å². The fourth-order valence-electron chi connectivity index (χ4n) is 3.59. The monoisotopic (exact) mass is 430 g/mol. The van der Waals surface area contributed by atoms with Gasteiger partial charge in [0.25, 0.3) is 5.91 Å². The van der Waals surface area contributed by atoms with Crippen LogP contribution in [0.1, 0.15) is 49.4 Å². The van der Waals surface area contributed by atoms with Crippen molar-refractivity contribution in [2.75, 3.05) is 13.2 Å². The van der Waals surface area contributed by atoms with E-state index in [0.717, 1.165) is 19.3 Å². The number of fused-ring (bicyclic) bond motifs is 1. The molecule has 2 aromatic rings.